The van der Waals surface area contributed by atoms with E-state index >= 15 is 0 Å². The summed E-state index contributed by atoms with van der Waals surface area (Å²) >= 11 is 1.17. The Bertz CT molecular complexity index is 1650. The Hall–Kier alpha value is -3.54. The zero-order chi connectivity index (χ0) is 27.7. The second-order valence-corrected chi connectivity index (χ2v) is 13.2. The molecule has 0 radical (unpaired) electrons. The van der Waals surface area contributed by atoms with E-state index in [9.17, 15) is 18.0 Å². The number of amides is 1. The van der Waals surface area contributed by atoms with Crippen molar-refractivity contribution in [3.8, 4) is 11.5 Å². The van der Waals surface area contributed by atoms with Crippen molar-refractivity contribution in [3.05, 3.63) is 76.2 Å². The number of fused-ring (bicyclic) bond motifs is 1. The number of carbonyl (C=O) groups is 1. The summed E-state index contributed by atoms with van der Waals surface area (Å²) in [5, 5.41) is 2.81. The molecule has 1 fully saturated rings. The number of aromatic nitrogens is 2. The minimum absolute atomic E-state index is 0.00469. The molecule has 1 aliphatic heterocycles. The number of nitrogens with one attached hydrogen (secondary N) is 1. The number of hydrogen-bond donors (Lipinski definition) is 1. The normalized spacial score (nSPS) is 18.2. The van der Waals surface area contributed by atoms with E-state index in [1.807, 2.05) is 44.2 Å². The maximum atomic E-state index is 13.7. The molecule has 0 saturated carbocycles. The zero-order valence-electron chi connectivity index (χ0n) is 22.0. The van der Waals surface area contributed by atoms with E-state index in [-0.39, 0.29) is 28.7 Å². The average Bonchev–Trinajstić information content (AvgIpc) is 3.24. The fourth-order valence-electron chi connectivity index (χ4n) is 5.05. The van der Waals surface area contributed by atoms with E-state index in [1.54, 1.807) is 31.2 Å². The fourth-order valence-corrected chi connectivity index (χ4v) is 8.40. The minimum Gasteiger partial charge on any atom is -0.457 e. The number of rotatable bonds is 7. The van der Waals surface area contributed by atoms with Crippen LogP contribution in [0.4, 0.5) is 5.69 Å². The first kappa shape index (κ1) is 27.0. The van der Waals surface area contributed by atoms with Gasteiger partial charge in [-0.2, -0.15) is 4.31 Å². The highest BCUT2D eigenvalue weighted by Gasteiger charge is 2.35. The predicted octanol–water partition coefficient (Wildman–Crippen LogP) is 4.86. The number of para-hydroxylation sites is 1. The third-order valence-electron chi connectivity index (χ3n) is 6.66. The minimum atomic E-state index is -3.91. The smallest absolute Gasteiger partial charge is 0.263 e. The van der Waals surface area contributed by atoms with Gasteiger partial charge in [-0.25, -0.2) is 13.4 Å². The predicted molar refractivity (Wildman–Crippen MR) is 152 cm³/mol. The molecule has 1 aliphatic rings. The second-order valence-electron chi connectivity index (χ2n) is 10.1. The average molecular weight is 567 g/mol. The van der Waals surface area contributed by atoms with E-state index in [0.717, 1.165) is 11.0 Å². The van der Waals surface area contributed by atoms with Crippen LogP contribution in [-0.4, -0.2) is 41.3 Å². The van der Waals surface area contributed by atoms with Crippen LogP contribution in [0.25, 0.3) is 10.2 Å². The number of ether oxygens (including phenoxy) is 1. The summed E-state index contributed by atoms with van der Waals surface area (Å²) in [5.74, 6) is 1.33. The number of sulfonamides is 1. The second kappa shape index (κ2) is 10.9. The van der Waals surface area contributed by atoms with Crippen LogP contribution in [0.3, 0.4) is 0 Å². The van der Waals surface area contributed by atoms with E-state index in [2.05, 4.69) is 10.3 Å². The van der Waals surface area contributed by atoms with Crippen molar-refractivity contribution in [3.63, 3.8) is 0 Å². The van der Waals surface area contributed by atoms with Gasteiger partial charge in [0.15, 0.2) is 0 Å². The molecule has 2 aromatic carbocycles. The first-order valence-electron chi connectivity index (χ1n) is 12.7. The van der Waals surface area contributed by atoms with Crippen molar-refractivity contribution >= 4 is 43.2 Å². The van der Waals surface area contributed by atoms with Gasteiger partial charge in [0.05, 0.1) is 11.7 Å². The topological polar surface area (TPSA) is 111 Å². The molecule has 2 atom stereocenters. The van der Waals surface area contributed by atoms with Crippen molar-refractivity contribution in [1.29, 1.82) is 0 Å². The Morgan fingerprint density at radius 2 is 1.69 bits per heavy atom. The monoisotopic (exact) mass is 566 g/mol. The van der Waals surface area contributed by atoms with Gasteiger partial charge in [-0.3, -0.25) is 14.2 Å². The zero-order valence-corrected chi connectivity index (χ0v) is 23.6. The number of nitrogens with zero attached hydrogens (tertiary/aromatic N) is 3. The molecule has 1 N–H and O–H groups in total. The molecule has 4 aromatic rings. The lowest BCUT2D eigenvalue weighted by molar-refractivity contribution is -0.116. The molecular weight excluding hydrogens is 536 g/mol. The molecule has 1 saturated heterocycles. The molecule has 5 rings (SSSR count). The summed E-state index contributed by atoms with van der Waals surface area (Å²) in [6, 6.07) is 16.2. The number of benzene rings is 2. The quantitative estimate of drug-likeness (QED) is 0.342. The van der Waals surface area contributed by atoms with E-state index in [0.29, 0.717) is 40.0 Å². The summed E-state index contributed by atoms with van der Waals surface area (Å²) in [6.07, 6.45) is 2.25. The third-order valence-corrected chi connectivity index (χ3v) is 9.81. The van der Waals surface area contributed by atoms with Gasteiger partial charge >= 0.3 is 0 Å². The van der Waals surface area contributed by atoms with E-state index in [4.69, 9.17) is 4.74 Å². The summed E-state index contributed by atoms with van der Waals surface area (Å²) in [6.45, 7) is 6.28. The van der Waals surface area contributed by atoms with Crippen molar-refractivity contribution < 1.29 is 17.9 Å². The van der Waals surface area contributed by atoms with Gasteiger partial charge in [0.25, 0.3) is 5.56 Å². The Morgan fingerprint density at radius 3 is 2.36 bits per heavy atom. The lowest BCUT2D eigenvalue weighted by atomic mass is 9.94. The Labute approximate surface area is 231 Å². The molecule has 3 heterocycles. The van der Waals surface area contributed by atoms with Gasteiger partial charge in [0.2, 0.25) is 15.9 Å². The molecule has 0 spiro atoms. The van der Waals surface area contributed by atoms with Crippen LogP contribution in [-0.2, 0) is 21.4 Å². The Balaban J connectivity index is 1.36. The van der Waals surface area contributed by atoms with Gasteiger partial charge in [-0.15, -0.1) is 11.3 Å². The molecule has 9 nitrogen and oxygen atoms in total. The number of hydrogen-bond acceptors (Lipinski definition) is 7. The lowest BCUT2D eigenvalue weighted by Crippen LogP contribution is -2.42. The van der Waals surface area contributed by atoms with Gasteiger partial charge in [-0.05, 0) is 61.6 Å². The van der Waals surface area contributed by atoms with Crippen molar-refractivity contribution in [2.45, 2.75) is 38.6 Å². The van der Waals surface area contributed by atoms with E-state index in [1.165, 1.54) is 22.0 Å². The van der Waals surface area contributed by atoms with Crippen LogP contribution in [0.5, 0.6) is 11.5 Å². The highest BCUT2D eigenvalue weighted by atomic mass is 32.2. The maximum absolute atomic E-state index is 13.7. The third kappa shape index (κ3) is 5.75. The van der Waals surface area contributed by atoms with Crippen LogP contribution in [0, 0.1) is 18.8 Å². The molecule has 39 heavy (non-hydrogen) atoms. The molecule has 204 valence electrons. The first-order chi connectivity index (χ1) is 18.6. The fraction of sp³-hybridized carbons (Fsp3) is 0.321. The number of thiophene rings is 1. The molecule has 11 heteroatoms. The van der Waals surface area contributed by atoms with Gasteiger partial charge in [-0.1, -0.05) is 32.0 Å². The summed E-state index contributed by atoms with van der Waals surface area (Å²) in [5.41, 5.74) is -0.0201. The van der Waals surface area contributed by atoms with Crippen molar-refractivity contribution in [2.75, 3.05) is 18.4 Å². The Kier molecular flexibility index (Phi) is 7.57. The van der Waals surface area contributed by atoms with Crippen LogP contribution in [0.15, 0.2) is 70.6 Å². The molecule has 0 unspecified atom stereocenters. The standard InChI is InChI=1S/C28H30N4O5S2/c1-18-13-19(2)15-32(14-18)39(35,36)26-20(3)38-27-25(26)28(34)31(17-29-27)16-24(33)30-21-9-11-23(12-10-21)37-22-7-5-4-6-8-22/h4-12,17-19H,13-16H2,1-3H3,(H,30,33)/t18-,19+. The van der Waals surface area contributed by atoms with Crippen LogP contribution in [0.2, 0.25) is 0 Å². The lowest BCUT2D eigenvalue weighted by Gasteiger charge is -2.34. The summed E-state index contributed by atoms with van der Waals surface area (Å²) in [4.78, 5) is 31.5. The van der Waals surface area contributed by atoms with Crippen LogP contribution in [0.1, 0.15) is 25.1 Å². The molecule has 2 aromatic heterocycles. The Morgan fingerprint density at radius 1 is 1.05 bits per heavy atom. The summed E-state index contributed by atoms with van der Waals surface area (Å²) < 4.78 is 35.8. The number of piperidine rings is 1. The number of aryl methyl sites for hydroxylation is 1. The highest BCUT2D eigenvalue weighted by molar-refractivity contribution is 7.89. The van der Waals surface area contributed by atoms with Gasteiger partial charge in [0.1, 0.15) is 27.8 Å². The summed E-state index contributed by atoms with van der Waals surface area (Å²) in [7, 11) is -3.91. The maximum Gasteiger partial charge on any atom is 0.263 e. The van der Waals surface area contributed by atoms with Crippen molar-refractivity contribution in [2.24, 2.45) is 11.8 Å². The van der Waals surface area contributed by atoms with Crippen LogP contribution >= 0.6 is 11.3 Å². The molecule has 0 bridgehead atoms. The molecule has 0 aliphatic carbocycles. The van der Waals surface area contributed by atoms with Crippen LogP contribution < -0.4 is 15.6 Å². The molecular formula is C28H30N4O5S2. The van der Waals surface area contributed by atoms with Gasteiger partial charge in [0, 0.05) is 23.7 Å². The highest BCUT2D eigenvalue weighted by Crippen LogP contribution is 2.35. The largest absolute Gasteiger partial charge is 0.457 e. The van der Waals surface area contributed by atoms with E-state index < -0.39 is 21.5 Å². The molecule has 1 amide bonds. The number of carbonyl (C=O) groups excluding carboxylic acids is 1. The first-order valence-corrected chi connectivity index (χ1v) is 15.0. The SMILES string of the molecule is Cc1sc2ncn(CC(=O)Nc3ccc(Oc4ccccc4)cc3)c(=O)c2c1S(=O)(=O)N1C[C@H](C)C[C@H](C)C1. The van der Waals surface area contributed by atoms with Crippen molar-refractivity contribution in [1.82, 2.24) is 13.9 Å². The number of anilines is 1. The van der Waals surface area contributed by atoms with Gasteiger partial charge < -0.3 is 10.1 Å².